The van der Waals surface area contributed by atoms with Crippen molar-refractivity contribution in [3.63, 3.8) is 0 Å². The Bertz CT molecular complexity index is 873. The van der Waals surface area contributed by atoms with Crippen molar-refractivity contribution in [2.75, 3.05) is 10.8 Å². The lowest BCUT2D eigenvalue weighted by Crippen LogP contribution is -2.43. The topological polar surface area (TPSA) is 66.5 Å². The summed E-state index contributed by atoms with van der Waals surface area (Å²) in [4.78, 5) is 12.4. The van der Waals surface area contributed by atoms with Crippen LogP contribution < -0.4 is 9.62 Å². The summed E-state index contributed by atoms with van der Waals surface area (Å²) in [5.74, 6) is -0.398. The molecule has 0 heterocycles. The van der Waals surface area contributed by atoms with Crippen LogP contribution in [0.2, 0.25) is 10.0 Å². The Kier molecular flexibility index (Phi) is 6.92. The number of carbonyl (C=O) groups excluding carboxylic acids is 1. The predicted octanol–water partition coefficient (Wildman–Crippen LogP) is 4.10. The van der Waals surface area contributed by atoms with Gasteiger partial charge in [0.25, 0.3) is 10.0 Å². The van der Waals surface area contributed by atoms with Gasteiger partial charge < -0.3 is 5.32 Å². The zero-order chi connectivity index (χ0) is 19.3. The molecule has 0 aliphatic rings. The number of rotatable bonds is 7. The summed E-state index contributed by atoms with van der Waals surface area (Å²) >= 11 is 12.0. The van der Waals surface area contributed by atoms with Gasteiger partial charge in [-0.25, -0.2) is 8.42 Å². The van der Waals surface area contributed by atoms with Crippen LogP contribution in [0.1, 0.15) is 20.3 Å². The molecule has 0 aromatic heterocycles. The molecule has 0 radical (unpaired) electrons. The lowest BCUT2D eigenvalue weighted by Gasteiger charge is -2.25. The number of amides is 1. The number of nitrogens with zero attached hydrogens (tertiary/aromatic N) is 1. The molecule has 0 bridgehead atoms. The standard InChI is InChI=1S/C18H20Cl2N2O3S/c1-3-13(2)21-18(23)12-22(14-9-10-16(19)17(20)11-14)26(24,25)15-7-5-4-6-8-15/h4-11,13H,3,12H2,1-2H3,(H,21,23)/t13-/m0/s1. The van der Waals surface area contributed by atoms with E-state index in [4.69, 9.17) is 23.2 Å². The molecule has 2 rings (SSSR count). The number of hydrogen-bond donors (Lipinski definition) is 1. The van der Waals surface area contributed by atoms with Gasteiger partial charge in [0.2, 0.25) is 5.91 Å². The minimum atomic E-state index is -3.95. The normalized spacial score (nSPS) is 12.5. The Hall–Kier alpha value is -1.76. The van der Waals surface area contributed by atoms with Gasteiger partial charge >= 0.3 is 0 Å². The largest absolute Gasteiger partial charge is 0.352 e. The predicted molar refractivity (Wildman–Crippen MR) is 105 cm³/mol. The minimum absolute atomic E-state index is 0.0578. The lowest BCUT2D eigenvalue weighted by atomic mass is 10.2. The van der Waals surface area contributed by atoms with Gasteiger partial charge in [-0.1, -0.05) is 48.3 Å². The highest BCUT2D eigenvalue weighted by Gasteiger charge is 2.27. The number of carbonyl (C=O) groups is 1. The Balaban J connectivity index is 2.44. The van der Waals surface area contributed by atoms with Crippen LogP contribution in [0.15, 0.2) is 53.4 Å². The Morgan fingerprint density at radius 2 is 1.77 bits per heavy atom. The van der Waals surface area contributed by atoms with E-state index in [2.05, 4.69) is 5.32 Å². The van der Waals surface area contributed by atoms with Crippen LogP contribution in [0.4, 0.5) is 5.69 Å². The highest BCUT2D eigenvalue weighted by Crippen LogP contribution is 2.30. The summed E-state index contributed by atoms with van der Waals surface area (Å²) in [7, 11) is -3.95. The van der Waals surface area contributed by atoms with E-state index in [1.54, 1.807) is 18.2 Å². The van der Waals surface area contributed by atoms with Crippen molar-refractivity contribution >= 4 is 44.8 Å². The first-order valence-corrected chi connectivity index (χ1v) is 10.3. The van der Waals surface area contributed by atoms with Crippen molar-refractivity contribution < 1.29 is 13.2 Å². The van der Waals surface area contributed by atoms with E-state index in [9.17, 15) is 13.2 Å². The molecule has 1 amide bonds. The molecule has 1 atom stereocenters. The molecule has 0 aliphatic heterocycles. The van der Waals surface area contributed by atoms with Crippen LogP contribution in [0.3, 0.4) is 0 Å². The maximum atomic E-state index is 13.1. The zero-order valence-electron chi connectivity index (χ0n) is 14.4. The van der Waals surface area contributed by atoms with Gasteiger partial charge in [-0.2, -0.15) is 0 Å². The van der Waals surface area contributed by atoms with E-state index in [1.807, 2.05) is 13.8 Å². The third-order valence-electron chi connectivity index (χ3n) is 3.83. The second-order valence-corrected chi connectivity index (χ2v) is 8.48. The molecule has 0 aliphatic carbocycles. The number of benzene rings is 2. The fraction of sp³-hybridized carbons (Fsp3) is 0.278. The van der Waals surface area contributed by atoms with Crippen LogP contribution in [0, 0.1) is 0 Å². The van der Waals surface area contributed by atoms with Crippen LogP contribution in [-0.4, -0.2) is 26.9 Å². The fourth-order valence-corrected chi connectivity index (χ4v) is 3.95. The van der Waals surface area contributed by atoms with Crippen molar-refractivity contribution in [2.45, 2.75) is 31.2 Å². The SMILES string of the molecule is CC[C@H](C)NC(=O)CN(c1ccc(Cl)c(Cl)c1)S(=O)(=O)c1ccccc1. The van der Waals surface area contributed by atoms with Crippen LogP contribution in [-0.2, 0) is 14.8 Å². The fourth-order valence-electron chi connectivity index (χ4n) is 2.23. The molecule has 2 aromatic rings. The highest BCUT2D eigenvalue weighted by molar-refractivity contribution is 7.92. The monoisotopic (exact) mass is 414 g/mol. The molecule has 8 heteroatoms. The zero-order valence-corrected chi connectivity index (χ0v) is 16.8. The summed E-state index contributed by atoms with van der Waals surface area (Å²) in [6.45, 7) is 3.43. The van der Waals surface area contributed by atoms with Gasteiger partial charge in [0.05, 0.1) is 20.6 Å². The van der Waals surface area contributed by atoms with Gasteiger partial charge in [0.1, 0.15) is 6.54 Å². The van der Waals surface area contributed by atoms with E-state index >= 15 is 0 Å². The van der Waals surface area contributed by atoms with Gasteiger partial charge in [-0.3, -0.25) is 9.10 Å². The average molecular weight is 415 g/mol. The van der Waals surface area contributed by atoms with E-state index < -0.39 is 15.9 Å². The number of anilines is 1. The molecule has 0 spiro atoms. The van der Waals surface area contributed by atoms with Crippen LogP contribution in [0.5, 0.6) is 0 Å². The molecule has 26 heavy (non-hydrogen) atoms. The molecule has 0 saturated heterocycles. The van der Waals surface area contributed by atoms with Crippen LogP contribution >= 0.6 is 23.2 Å². The van der Waals surface area contributed by atoms with E-state index in [0.717, 1.165) is 10.7 Å². The molecule has 2 aromatic carbocycles. The second kappa shape index (κ2) is 8.75. The van der Waals surface area contributed by atoms with Crippen LogP contribution in [0.25, 0.3) is 0 Å². The van der Waals surface area contributed by atoms with Crippen molar-refractivity contribution in [1.82, 2.24) is 5.32 Å². The maximum absolute atomic E-state index is 13.1. The maximum Gasteiger partial charge on any atom is 0.264 e. The molecular formula is C18H20Cl2N2O3S. The van der Waals surface area contributed by atoms with E-state index in [1.165, 1.54) is 30.3 Å². The number of sulfonamides is 1. The third kappa shape index (κ3) is 4.90. The van der Waals surface area contributed by atoms with Gasteiger partial charge in [-0.05, 0) is 43.7 Å². The van der Waals surface area contributed by atoms with Crippen molar-refractivity contribution in [2.24, 2.45) is 0 Å². The Morgan fingerprint density at radius 3 is 2.35 bits per heavy atom. The molecule has 140 valence electrons. The quantitative estimate of drug-likeness (QED) is 0.741. The first-order chi connectivity index (χ1) is 12.3. The van der Waals surface area contributed by atoms with Crippen molar-refractivity contribution in [3.05, 3.63) is 58.6 Å². The van der Waals surface area contributed by atoms with Gasteiger partial charge in [0.15, 0.2) is 0 Å². The first-order valence-electron chi connectivity index (χ1n) is 8.08. The summed E-state index contributed by atoms with van der Waals surface area (Å²) in [5, 5.41) is 3.29. The lowest BCUT2D eigenvalue weighted by molar-refractivity contribution is -0.120. The van der Waals surface area contributed by atoms with Gasteiger partial charge in [0, 0.05) is 6.04 Å². The Morgan fingerprint density at radius 1 is 1.12 bits per heavy atom. The molecule has 0 fully saturated rings. The molecule has 0 saturated carbocycles. The first kappa shape index (κ1) is 20.6. The Labute approximate surface area is 164 Å². The number of hydrogen-bond acceptors (Lipinski definition) is 3. The molecule has 1 N–H and O–H groups in total. The third-order valence-corrected chi connectivity index (χ3v) is 6.36. The second-order valence-electron chi connectivity index (χ2n) is 5.80. The van der Waals surface area contributed by atoms with Crippen molar-refractivity contribution in [3.8, 4) is 0 Å². The number of halogens is 2. The van der Waals surface area contributed by atoms with E-state index in [0.29, 0.717) is 5.02 Å². The highest BCUT2D eigenvalue weighted by atomic mass is 35.5. The molecule has 5 nitrogen and oxygen atoms in total. The van der Waals surface area contributed by atoms with Gasteiger partial charge in [-0.15, -0.1) is 0 Å². The minimum Gasteiger partial charge on any atom is -0.352 e. The number of nitrogens with one attached hydrogen (secondary N) is 1. The van der Waals surface area contributed by atoms with Crippen molar-refractivity contribution in [1.29, 1.82) is 0 Å². The summed E-state index contributed by atoms with van der Waals surface area (Å²) in [5.41, 5.74) is 0.266. The van der Waals surface area contributed by atoms with E-state index in [-0.39, 0.29) is 28.2 Å². The molecule has 0 unspecified atom stereocenters. The summed E-state index contributed by atoms with van der Waals surface area (Å²) < 4.78 is 27.2. The average Bonchev–Trinajstić information content (AvgIpc) is 2.62. The smallest absolute Gasteiger partial charge is 0.264 e. The molecular weight excluding hydrogens is 395 g/mol. The summed E-state index contributed by atoms with van der Waals surface area (Å²) in [6, 6.07) is 12.3. The summed E-state index contributed by atoms with van der Waals surface area (Å²) in [6.07, 6.45) is 0.740.